The number of nitrogens with zero attached hydrogens (tertiary/aromatic N) is 5. The van der Waals surface area contributed by atoms with Gasteiger partial charge in [-0.05, 0) is 49.0 Å². The Kier molecular flexibility index (Phi) is 7.43. The van der Waals surface area contributed by atoms with Crippen LogP contribution in [-0.4, -0.2) is 57.2 Å². The summed E-state index contributed by atoms with van der Waals surface area (Å²) in [5.41, 5.74) is 2.49. The predicted molar refractivity (Wildman–Crippen MR) is 156 cm³/mol. The molecule has 202 valence electrons. The quantitative estimate of drug-likeness (QED) is 0.240. The van der Waals surface area contributed by atoms with Gasteiger partial charge in [0.15, 0.2) is 5.43 Å². The van der Waals surface area contributed by atoms with Gasteiger partial charge in [-0.1, -0.05) is 26.6 Å². The third kappa shape index (κ3) is 5.55. The first-order valence-corrected chi connectivity index (χ1v) is 17.6. The second-order valence-electron chi connectivity index (χ2n) is 11.5. The third-order valence-corrected chi connectivity index (χ3v) is 9.82. The molecule has 2 atom stereocenters. The number of piperidine rings is 1. The molecule has 2 amide bonds. The number of urea groups is 1. The Morgan fingerprint density at radius 1 is 1.24 bits per heavy atom. The number of carbonyl (C=O) groups excluding carboxylic acids is 1. The summed E-state index contributed by atoms with van der Waals surface area (Å²) < 4.78 is 14.4. The molecule has 1 N–H and O–H groups in total. The molecule has 0 bridgehead atoms. The first-order chi connectivity index (χ1) is 18.1. The van der Waals surface area contributed by atoms with Crippen molar-refractivity contribution in [2.45, 2.75) is 58.7 Å². The summed E-state index contributed by atoms with van der Waals surface area (Å²) >= 11 is 1.29. The van der Waals surface area contributed by atoms with E-state index in [2.05, 4.69) is 45.8 Å². The van der Waals surface area contributed by atoms with Crippen LogP contribution in [0.5, 0.6) is 0 Å². The van der Waals surface area contributed by atoms with Gasteiger partial charge < -0.3 is 18.8 Å². The van der Waals surface area contributed by atoms with E-state index < -0.39 is 8.07 Å². The van der Waals surface area contributed by atoms with Crippen LogP contribution in [0.15, 0.2) is 41.6 Å². The van der Waals surface area contributed by atoms with Gasteiger partial charge in [0.1, 0.15) is 17.4 Å². The molecule has 38 heavy (non-hydrogen) atoms. The van der Waals surface area contributed by atoms with Gasteiger partial charge in [-0.3, -0.25) is 10.1 Å². The summed E-state index contributed by atoms with van der Waals surface area (Å²) in [7, 11) is -1.17. The molecule has 1 saturated heterocycles. The van der Waals surface area contributed by atoms with E-state index in [9.17, 15) is 9.59 Å². The number of carbonyl (C=O) groups is 1. The van der Waals surface area contributed by atoms with Crippen LogP contribution < -0.4 is 10.7 Å². The number of rotatable bonds is 7. The molecule has 0 saturated carbocycles. The Morgan fingerprint density at radius 3 is 2.79 bits per heavy atom. The maximum Gasteiger partial charge on any atom is 0.322 e. The summed E-state index contributed by atoms with van der Waals surface area (Å²) in [6, 6.07) is 6.51. The summed E-state index contributed by atoms with van der Waals surface area (Å²) in [4.78, 5) is 32.5. The van der Waals surface area contributed by atoms with Crippen LogP contribution in [0.3, 0.4) is 0 Å². The van der Waals surface area contributed by atoms with Gasteiger partial charge in [0.2, 0.25) is 0 Å². The minimum Gasteiger partial charge on any atom is -0.361 e. The van der Waals surface area contributed by atoms with E-state index in [1.807, 2.05) is 40.9 Å². The zero-order valence-electron chi connectivity index (χ0n) is 22.7. The van der Waals surface area contributed by atoms with E-state index >= 15 is 0 Å². The van der Waals surface area contributed by atoms with E-state index in [4.69, 9.17) is 4.74 Å². The van der Waals surface area contributed by atoms with Crippen molar-refractivity contribution in [2.24, 2.45) is 5.92 Å². The van der Waals surface area contributed by atoms with Crippen LogP contribution in [0.25, 0.3) is 21.9 Å². The maximum absolute atomic E-state index is 13.1. The fraction of sp³-hybridized carbons (Fsp3) is 0.481. The van der Waals surface area contributed by atoms with Crippen LogP contribution in [-0.2, 0) is 11.5 Å². The Hall–Kier alpha value is -3.02. The molecule has 0 aliphatic carbocycles. The summed E-state index contributed by atoms with van der Waals surface area (Å²) in [5, 5.41) is 5.25. The van der Waals surface area contributed by atoms with E-state index in [-0.39, 0.29) is 17.5 Å². The van der Waals surface area contributed by atoms with Gasteiger partial charge in [-0.25, -0.2) is 9.78 Å². The number of nitrogens with one attached hydrogen (secondary N) is 1. The van der Waals surface area contributed by atoms with Crippen molar-refractivity contribution in [3.63, 3.8) is 0 Å². The van der Waals surface area contributed by atoms with Crippen LogP contribution in [0, 0.1) is 12.8 Å². The van der Waals surface area contributed by atoms with Gasteiger partial charge in [0.05, 0.1) is 22.6 Å². The highest BCUT2D eigenvalue weighted by molar-refractivity contribution is 7.10. The topological polar surface area (TPSA) is 94.3 Å². The molecule has 5 rings (SSSR count). The highest BCUT2D eigenvalue weighted by Crippen LogP contribution is 2.33. The van der Waals surface area contributed by atoms with E-state index in [1.54, 1.807) is 12.3 Å². The largest absolute Gasteiger partial charge is 0.361 e. The smallest absolute Gasteiger partial charge is 0.322 e. The van der Waals surface area contributed by atoms with Gasteiger partial charge in [-0.2, -0.15) is 4.37 Å². The van der Waals surface area contributed by atoms with Gasteiger partial charge in [0.25, 0.3) is 0 Å². The van der Waals surface area contributed by atoms with E-state index in [1.165, 1.54) is 11.5 Å². The van der Waals surface area contributed by atoms with Crippen LogP contribution in [0.2, 0.25) is 25.7 Å². The first kappa shape index (κ1) is 26.6. The molecular formula is C27H36N6O3SSi. The van der Waals surface area contributed by atoms with Crippen molar-refractivity contribution in [2.75, 3.05) is 25.0 Å². The lowest BCUT2D eigenvalue weighted by Gasteiger charge is -2.38. The molecular weight excluding hydrogens is 516 g/mol. The van der Waals surface area contributed by atoms with Crippen molar-refractivity contribution in [3.05, 3.63) is 52.7 Å². The zero-order chi connectivity index (χ0) is 27.0. The Balaban J connectivity index is 1.45. The number of ether oxygens (including phenoxy) is 1. The highest BCUT2D eigenvalue weighted by atomic mass is 32.1. The molecule has 0 radical (unpaired) electrons. The molecule has 5 heterocycles. The van der Waals surface area contributed by atoms with Crippen molar-refractivity contribution < 1.29 is 9.53 Å². The molecule has 11 heteroatoms. The number of amides is 2. The first-order valence-electron chi connectivity index (χ1n) is 13.2. The van der Waals surface area contributed by atoms with Crippen molar-refractivity contribution >= 4 is 52.6 Å². The number of fused-ring (bicyclic) bond motifs is 3. The zero-order valence-corrected chi connectivity index (χ0v) is 24.5. The van der Waals surface area contributed by atoms with Crippen molar-refractivity contribution in [1.29, 1.82) is 0 Å². The molecule has 1 aliphatic heterocycles. The van der Waals surface area contributed by atoms with Crippen molar-refractivity contribution in [1.82, 2.24) is 23.4 Å². The maximum atomic E-state index is 13.1. The summed E-state index contributed by atoms with van der Waals surface area (Å²) in [5.74, 6) is 0.325. The minimum absolute atomic E-state index is 0.0164. The Bertz CT molecular complexity index is 1520. The monoisotopic (exact) mass is 552 g/mol. The Morgan fingerprint density at radius 2 is 2.05 bits per heavy atom. The second kappa shape index (κ2) is 10.6. The van der Waals surface area contributed by atoms with Crippen LogP contribution in [0.4, 0.5) is 9.80 Å². The number of hydrogen-bond acceptors (Lipinski definition) is 6. The molecule has 0 spiro atoms. The number of aromatic nitrogens is 4. The normalized spacial score (nSPS) is 18.4. The number of aryl methyl sites for hydroxylation is 1. The number of anilines is 1. The van der Waals surface area contributed by atoms with E-state index in [0.29, 0.717) is 31.1 Å². The molecule has 0 aromatic carbocycles. The number of hydrogen-bond donors (Lipinski definition) is 1. The average molecular weight is 553 g/mol. The SMILES string of the molecule is Cc1cc(NC(=O)N2CC[C@@H](C)[C@@H](n3ccc(=O)c4cnc5c(ccn5COCC[Si](C)(C)C)c43)C2)sn1. The fourth-order valence-corrected chi connectivity index (χ4v) is 6.43. The molecule has 4 aromatic heterocycles. The molecule has 1 fully saturated rings. The summed E-state index contributed by atoms with van der Waals surface area (Å²) in [6.07, 6.45) is 6.41. The standard InChI is InChI=1S/C27H36N6O3SSi/c1-18-6-9-31(27(35)29-24-14-19(2)30-37-24)16-22(18)33-11-8-23(34)21-15-28-26-20(25(21)33)7-10-32(26)17-36-12-13-38(3,4)5/h7-8,10-11,14-15,18,22H,6,9,12-13,16-17H2,1-5H3,(H,29,35)/t18-,22+/m1/s1. The molecule has 4 aromatic rings. The summed E-state index contributed by atoms with van der Waals surface area (Å²) in [6.45, 7) is 13.5. The molecule has 1 aliphatic rings. The lowest BCUT2D eigenvalue weighted by Crippen LogP contribution is -2.45. The Labute approximate surface area is 227 Å². The van der Waals surface area contributed by atoms with Crippen LogP contribution in [0.1, 0.15) is 25.1 Å². The minimum atomic E-state index is -1.17. The van der Waals surface area contributed by atoms with Crippen LogP contribution >= 0.6 is 11.5 Å². The van der Waals surface area contributed by atoms with E-state index in [0.717, 1.165) is 46.3 Å². The number of pyridine rings is 2. The second-order valence-corrected chi connectivity index (χ2v) is 17.9. The highest BCUT2D eigenvalue weighted by Gasteiger charge is 2.31. The number of likely N-dealkylation sites (tertiary alicyclic amines) is 1. The third-order valence-electron chi connectivity index (χ3n) is 7.32. The average Bonchev–Trinajstić information content (AvgIpc) is 3.47. The van der Waals surface area contributed by atoms with Gasteiger partial charge in [0, 0.05) is 57.8 Å². The lowest BCUT2D eigenvalue weighted by atomic mass is 9.92. The van der Waals surface area contributed by atoms with Gasteiger partial charge >= 0.3 is 6.03 Å². The molecule has 9 nitrogen and oxygen atoms in total. The predicted octanol–water partition coefficient (Wildman–Crippen LogP) is 5.54. The van der Waals surface area contributed by atoms with Crippen molar-refractivity contribution in [3.8, 4) is 0 Å². The lowest BCUT2D eigenvalue weighted by molar-refractivity contribution is 0.0899. The molecule has 0 unspecified atom stereocenters. The van der Waals surface area contributed by atoms with Gasteiger partial charge in [-0.15, -0.1) is 0 Å². The fourth-order valence-electron chi connectivity index (χ4n) is 5.02.